The molecule has 3 heteroatoms. The van der Waals surface area contributed by atoms with Gasteiger partial charge >= 0.3 is 0 Å². The van der Waals surface area contributed by atoms with Crippen LogP contribution in [0.2, 0.25) is 0 Å². The van der Waals surface area contributed by atoms with E-state index >= 15 is 0 Å². The molecule has 1 aliphatic rings. The first-order valence-corrected chi connectivity index (χ1v) is 9.08. The highest BCUT2D eigenvalue weighted by molar-refractivity contribution is 9.10. The average molecular weight is 358 g/mol. The molecule has 0 N–H and O–H groups in total. The monoisotopic (exact) mass is 357 g/mol. The molecular weight excluding hydrogens is 342 g/mol. The molecule has 1 fully saturated rings. The normalized spacial score (nSPS) is 14.0. The molecule has 0 aliphatic heterocycles. The van der Waals surface area contributed by atoms with E-state index < -0.39 is 0 Å². The second kappa shape index (κ2) is 6.25. The number of benzene rings is 2. The van der Waals surface area contributed by atoms with Crippen molar-refractivity contribution >= 4 is 27.7 Å². The number of nitrogens with zero attached hydrogens (tertiary/aromatic N) is 1. The van der Waals surface area contributed by atoms with Gasteiger partial charge in [-0.2, -0.15) is 5.26 Å². The highest BCUT2D eigenvalue weighted by Crippen LogP contribution is 2.40. The van der Waals surface area contributed by atoms with Crippen molar-refractivity contribution in [3.05, 3.63) is 63.1 Å². The van der Waals surface area contributed by atoms with Crippen molar-refractivity contribution in [1.29, 1.82) is 5.26 Å². The number of hydrogen-bond acceptors (Lipinski definition) is 2. The molecule has 0 spiro atoms. The van der Waals surface area contributed by atoms with Gasteiger partial charge in [-0.3, -0.25) is 0 Å². The summed E-state index contributed by atoms with van der Waals surface area (Å²) in [5, 5.41) is 9.45. The Labute approximate surface area is 138 Å². The summed E-state index contributed by atoms with van der Waals surface area (Å²) in [4.78, 5) is 1.04. The number of hydrogen-bond donors (Lipinski definition) is 0. The van der Waals surface area contributed by atoms with Crippen LogP contribution in [0.4, 0.5) is 0 Å². The Morgan fingerprint density at radius 3 is 2.52 bits per heavy atom. The van der Waals surface area contributed by atoms with Gasteiger partial charge in [0.2, 0.25) is 0 Å². The van der Waals surface area contributed by atoms with Gasteiger partial charge in [-0.1, -0.05) is 40.2 Å². The molecule has 0 unspecified atom stereocenters. The zero-order valence-corrected chi connectivity index (χ0v) is 14.3. The first-order valence-electron chi connectivity index (χ1n) is 7.06. The molecule has 2 aromatic carbocycles. The zero-order valence-electron chi connectivity index (χ0n) is 11.9. The van der Waals surface area contributed by atoms with E-state index in [2.05, 4.69) is 52.3 Å². The largest absolute Gasteiger partial charge is 0.192 e. The lowest BCUT2D eigenvalue weighted by Crippen LogP contribution is -1.95. The number of thioether (sulfide) groups is 1. The molecule has 0 aromatic heterocycles. The van der Waals surface area contributed by atoms with E-state index in [0.717, 1.165) is 32.8 Å². The fourth-order valence-corrected chi connectivity index (χ4v) is 3.89. The Kier molecular flexibility index (Phi) is 4.37. The van der Waals surface area contributed by atoms with Crippen molar-refractivity contribution in [3.8, 4) is 6.07 Å². The molecular formula is C18H16BrNS. The van der Waals surface area contributed by atoms with Crippen LogP contribution in [0, 0.1) is 11.3 Å². The maximum Gasteiger partial charge on any atom is 0.101 e. The van der Waals surface area contributed by atoms with Gasteiger partial charge in [0.15, 0.2) is 0 Å². The van der Waals surface area contributed by atoms with Gasteiger partial charge in [-0.05, 0) is 60.3 Å². The maximum atomic E-state index is 9.45. The summed E-state index contributed by atoms with van der Waals surface area (Å²) in [6, 6.07) is 15.3. The van der Waals surface area contributed by atoms with E-state index in [4.69, 9.17) is 0 Å². The summed E-state index contributed by atoms with van der Waals surface area (Å²) in [6.45, 7) is 0. The van der Waals surface area contributed by atoms with E-state index in [1.54, 1.807) is 11.8 Å². The van der Waals surface area contributed by atoms with Gasteiger partial charge < -0.3 is 0 Å². The summed E-state index contributed by atoms with van der Waals surface area (Å²) in [7, 11) is 0. The average Bonchev–Trinajstić information content (AvgIpc) is 3.32. The molecule has 0 bridgehead atoms. The number of halogens is 1. The molecule has 1 saturated carbocycles. The SMILES string of the molecule is CSc1cc(Br)cc(Cc2ccc(C3CC3)cc2)c1C#N. The molecule has 3 rings (SSSR count). The third kappa shape index (κ3) is 3.33. The lowest BCUT2D eigenvalue weighted by Gasteiger charge is -2.10. The number of rotatable bonds is 4. The Hall–Kier alpha value is -1.24. The lowest BCUT2D eigenvalue weighted by atomic mass is 9.99. The summed E-state index contributed by atoms with van der Waals surface area (Å²) >= 11 is 5.17. The van der Waals surface area contributed by atoms with Crippen LogP contribution in [0.1, 0.15) is 41.0 Å². The first-order chi connectivity index (χ1) is 10.2. The second-order valence-corrected chi connectivity index (χ2v) is 7.21. The van der Waals surface area contributed by atoms with Gasteiger partial charge in [0.25, 0.3) is 0 Å². The Bertz CT molecular complexity index is 696. The van der Waals surface area contributed by atoms with E-state index in [1.165, 1.54) is 24.0 Å². The van der Waals surface area contributed by atoms with E-state index in [9.17, 15) is 5.26 Å². The van der Waals surface area contributed by atoms with Crippen LogP contribution in [0.3, 0.4) is 0 Å². The van der Waals surface area contributed by atoms with Gasteiger partial charge in [-0.15, -0.1) is 11.8 Å². The summed E-state index contributed by atoms with van der Waals surface area (Å²) in [5.41, 5.74) is 4.62. The molecule has 0 saturated heterocycles. The van der Waals surface area contributed by atoms with Crippen molar-refractivity contribution in [2.24, 2.45) is 0 Å². The number of nitriles is 1. The second-order valence-electron chi connectivity index (χ2n) is 5.45. The fourth-order valence-electron chi connectivity index (χ4n) is 2.61. The summed E-state index contributed by atoms with van der Waals surface area (Å²) < 4.78 is 1.04. The molecule has 2 aromatic rings. The van der Waals surface area contributed by atoms with Gasteiger partial charge in [-0.25, -0.2) is 0 Å². The third-order valence-corrected chi connectivity index (χ3v) is 5.12. The minimum atomic E-state index is 0.794. The van der Waals surface area contributed by atoms with Crippen LogP contribution in [-0.2, 0) is 6.42 Å². The predicted octanol–water partition coefficient (Wildman–Crippen LogP) is 5.51. The van der Waals surface area contributed by atoms with Crippen LogP contribution in [0.25, 0.3) is 0 Å². The summed E-state index contributed by atoms with van der Waals surface area (Å²) in [5.74, 6) is 0.794. The van der Waals surface area contributed by atoms with E-state index in [0.29, 0.717) is 0 Å². The van der Waals surface area contributed by atoms with E-state index in [-0.39, 0.29) is 0 Å². The lowest BCUT2D eigenvalue weighted by molar-refractivity contribution is 1.10. The third-order valence-electron chi connectivity index (χ3n) is 3.90. The zero-order chi connectivity index (χ0) is 14.8. The minimum Gasteiger partial charge on any atom is -0.192 e. The molecule has 21 heavy (non-hydrogen) atoms. The van der Waals surface area contributed by atoms with Crippen molar-refractivity contribution in [2.45, 2.75) is 30.1 Å². The van der Waals surface area contributed by atoms with E-state index in [1.807, 2.05) is 12.3 Å². The van der Waals surface area contributed by atoms with Gasteiger partial charge in [0.1, 0.15) is 6.07 Å². The quantitative estimate of drug-likeness (QED) is 0.673. The van der Waals surface area contributed by atoms with Crippen molar-refractivity contribution in [3.63, 3.8) is 0 Å². The topological polar surface area (TPSA) is 23.8 Å². The highest BCUT2D eigenvalue weighted by atomic mass is 79.9. The molecule has 1 aliphatic carbocycles. The van der Waals surface area contributed by atoms with Crippen molar-refractivity contribution in [1.82, 2.24) is 0 Å². The van der Waals surface area contributed by atoms with Crippen LogP contribution in [0.5, 0.6) is 0 Å². The molecule has 0 radical (unpaired) electrons. The van der Waals surface area contributed by atoms with Crippen LogP contribution < -0.4 is 0 Å². The molecule has 0 heterocycles. The highest BCUT2D eigenvalue weighted by Gasteiger charge is 2.23. The van der Waals surface area contributed by atoms with Crippen molar-refractivity contribution in [2.75, 3.05) is 6.26 Å². The van der Waals surface area contributed by atoms with Gasteiger partial charge in [0, 0.05) is 9.37 Å². The summed E-state index contributed by atoms with van der Waals surface area (Å²) in [6.07, 6.45) is 5.49. The maximum absolute atomic E-state index is 9.45. The Balaban J connectivity index is 1.89. The smallest absolute Gasteiger partial charge is 0.101 e. The predicted molar refractivity (Wildman–Crippen MR) is 91.9 cm³/mol. The first kappa shape index (κ1) is 14.7. The molecule has 0 amide bonds. The van der Waals surface area contributed by atoms with Crippen molar-refractivity contribution < 1.29 is 0 Å². The molecule has 0 atom stereocenters. The van der Waals surface area contributed by atoms with Crippen LogP contribution in [0.15, 0.2) is 45.8 Å². The molecule has 1 nitrogen and oxygen atoms in total. The van der Waals surface area contributed by atoms with Crippen LogP contribution >= 0.6 is 27.7 Å². The van der Waals surface area contributed by atoms with Crippen LogP contribution in [-0.4, -0.2) is 6.26 Å². The molecule has 106 valence electrons. The standard InChI is InChI=1S/C18H16BrNS/c1-21-18-10-16(19)9-15(17(18)11-20)8-12-2-4-13(5-3-12)14-6-7-14/h2-5,9-10,14H,6-8H2,1H3. The van der Waals surface area contributed by atoms with Gasteiger partial charge in [0.05, 0.1) is 5.56 Å². The minimum absolute atomic E-state index is 0.794. The Morgan fingerprint density at radius 1 is 1.24 bits per heavy atom. The Morgan fingerprint density at radius 2 is 1.95 bits per heavy atom. The fraction of sp³-hybridized carbons (Fsp3) is 0.278.